The molecule has 2 aliphatic heterocycles. The molecule has 0 radical (unpaired) electrons. The molecule has 2 aliphatic rings. The zero-order valence-corrected chi connectivity index (χ0v) is 38.4. The van der Waals surface area contributed by atoms with Crippen molar-refractivity contribution in [2.24, 2.45) is 0 Å². The number of esters is 2. The van der Waals surface area contributed by atoms with Gasteiger partial charge in [0.15, 0.2) is 18.7 Å². The molecule has 15 nitrogen and oxygen atoms in total. The molecule has 62 heavy (non-hydrogen) atoms. The third-order valence-corrected chi connectivity index (χ3v) is 12.1. The highest BCUT2D eigenvalue weighted by atomic mass is 16.7. The molecule has 0 saturated carbocycles. The Morgan fingerprint density at radius 3 is 1.32 bits per heavy atom. The molecule has 0 bridgehead atoms. The van der Waals surface area contributed by atoms with Crippen LogP contribution < -0.4 is 0 Å². The lowest BCUT2D eigenvalue weighted by Crippen LogP contribution is -2.64. The molecule has 2 rings (SSSR count). The molecule has 2 fully saturated rings. The minimum absolute atomic E-state index is 0.173. The van der Waals surface area contributed by atoms with Crippen molar-refractivity contribution >= 4 is 11.9 Å². The lowest BCUT2D eigenvalue weighted by molar-refractivity contribution is -0.360. The van der Waals surface area contributed by atoms with Gasteiger partial charge in [0.2, 0.25) is 0 Å². The van der Waals surface area contributed by atoms with Crippen molar-refractivity contribution in [1.82, 2.24) is 0 Å². The Labute approximate surface area is 372 Å². The fraction of sp³-hybridized carbons (Fsp3) is 0.957. The van der Waals surface area contributed by atoms with Gasteiger partial charge in [-0.1, -0.05) is 168 Å². The summed E-state index contributed by atoms with van der Waals surface area (Å²) in [6.45, 7) is 2.35. The van der Waals surface area contributed by atoms with Crippen LogP contribution in [0.4, 0.5) is 0 Å². The molecule has 2 saturated heterocycles. The molecule has 0 spiro atoms. The number of hydrogen-bond acceptors (Lipinski definition) is 15. The first-order valence-corrected chi connectivity index (χ1v) is 24.6. The Morgan fingerprint density at radius 2 is 0.871 bits per heavy atom. The van der Waals surface area contributed by atoms with Gasteiger partial charge in [0.25, 0.3) is 0 Å². The van der Waals surface area contributed by atoms with E-state index in [-0.39, 0.29) is 26.1 Å². The van der Waals surface area contributed by atoms with Gasteiger partial charge in [-0.05, 0) is 12.8 Å². The third kappa shape index (κ3) is 23.6. The Kier molecular flexibility index (Phi) is 32.6. The molecule has 0 aromatic carbocycles. The minimum atomic E-state index is -1.80. The normalized spacial score (nSPS) is 27.0. The average molecular weight is 893 g/mol. The van der Waals surface area contributed by atoms with Crippen LogP contribution in [0.5, 0.6) is 0 Å². The third-order valence-electron chi connectivity index (χ3n) is 12.1. The molecule has 1 unspecified atom stereocenters. The maximum absolute atomic E-state index is 13.0. The van der Waals surface area contributed by atoms with Crippen LogP contribution in [0, 0.1) is 0 Å². The second-order valence-electron chi connectivity index (χ2n) is 17.6. The fourth-order valence-electron chi connectivity index (χ4n) is 8.09. The summed E-state index contributed by atoms with van der Waals surface area (Å²) in [4.78, 5) is 25.7. The van der Waals surface area contributed by atoms with Crippen molar-refractivity contribution in [3.8, 4) is 0 Å². The highest BCUT2D eigenvalue weighted by molar-refractivity contribution is 5.70. The largest absolute Gasteiger partial charge is 0.462 e. The smallest absolute Gasteiger partial charge is 0.306 e. The maximum atomic E-state index is 13.0. The van der Waals surface area contributed by atoms with Crippen molar-refractivity contribution in [1.29, 1.82) is 0 Å². The Hall–Kier alpha value is -1.50. The fourth-order valence-corrected chi connectivity index (χ4v) is 8.09. The summed E-state index contributed by atoms with van der Waals surface area (Å²) >= 11 is 0. The highest BCUT2D eigenvalue weighted by Crippen LogP contribution is 2.30. The van der Waals surface area contributed by atoms with Crippen LogP contribution in [0.3, 0.4) is 0 Å². The van der Waals surface area contributed by atoms with Crippen LogP contribution in [-0.2, 0) is 38.0 Å². The van der Waals surface area contributed by atoms with Crippen molar-refractivity contribution < 1.29 is 73.8 Å². The molecule has 0 aliphatic carbocycles. The molecule has 366 valence electrons. The standard InChI is InChI=1S/C47H88O15/c1-3-5-7-9-11-13-15-17-19-21-23-25-27-29-38(50)57-33-35(59-39(51)30-28-26-24-22-20-18-16-14-12-10-8-6-4-2)34-58-46-44(56)42(54)45(37(32-49)61-46)62-47-43(55)41(53)40(52)36(31-48)60-47/h35-37,40-49,52-56H,3-34H2,1-2H3/t35?,36-,37-,40-,41+,42-,43-,44-,45-,46-,47-/m1/s1. The van der Waals surface area contributed by atoms with E-state index in [1.165, 1.54) is 116 Å². The molecule has 15 heteroatoms. The van der Waals surface area contributed by atoms with Gasteiger partial charge >= 0.3 is 11.9 Å². The van der Waals surface area contributed by atoms with Gasteiger partial charge in [0.05, 0.1) is 19.8 Å². The van der Waals surface area contributed by atoms with E-state index < -0.39 is 92.7 Å². The van der Waals surface area contributed by atoms with E-state index in [1.807, 2.05) is 0 Å². The van der Waals surface area contributed by atoms with E-state index in [2.05, 4.69) is 13.8 Å². The van der Waals surface area contributed by atoms with Gasteiger partial charge in [-0.3, -0.25) is 9.59 Å². The second kappa shape index (κ2) is 35.7. The summed E-state index contributed by atoms with van der Waals surface area (Å²) < 4.78 is 33.7. The van der Waals surface area contributed by atoms with Gasteiger partial charge in [-0.2, -0.15) is 0 Å². The van der Waals surface area contributed by atoms with Gasteiger partial charge in [-0.25, -0.2) is 0 Å². The van der Waals surface area contributed by atoms with Crippen LogP contribution in [0.1, 0.15) is 194 Å². The van der Waals surface area contributed by atoms with Crippen molar-refractivity contribution in [2.75, 3.05) is 26.4 Å². The minimum Gasteiger partial charge on any atom is -0.462 e. The Bertz CT molecular complexity index is 1100. The number of rotatable bonds is 38. The maximum Gasteiger partial charge on any atom is 0.306 e. The second-order valence-corrected chi connectivity index (χ2v) is 17.6. The number of aliphatic hydroxyl groups is 7. The number of unbranched alkanes of at least 4 members (excludes halogenated alkanes) is 24. The predicted molar refractivity (Wildman–Crippen MR) is 234 cm³/mol. The monoisotopic (exact) mass is 893 g/mol. The van der Waals surface area contributed by atoms with Gasteiger partial charge in [-0.15, -0.1) is 0 Å². The quantitative estimate of drug-likeness (QED) is 0.0277. The van der Waals surface area contributed by atoms with Gasteiger partial charge < -0.3 is 64.2 Å². The Balaban J connectivity index is 1.83. The average Bonchev–Trinajstić information content (AvgIpc) is 3.27. The van der Waals surface area contributed by atoms with E-state index in [9.17, 15) is 45.3 Å². The summed E-state index contributed by atoms with van der Waals surface area (Å²) in [5.74, 6) is -0.913. The molecule has 0 aromatic heterocycles. The summed E-state index contributed by atoms with van der Waals surface area (Å²) in [5.41, 5.74) is 0. The van der Waals surface area contributed by atoms with Crippen LogP contribution in [0.2, 0.25) is 0 Å². The zero-order chi connectivity index (χ0) is 45.4. The van der Waals surface area contributed by atoms with Crippen LogP contribution in [0.25, 0.3) is 0 Å². The lowest BCUT2D eigenvalue weighted by atomic mass is 9.97. The SMILES string of the molecule is CCCCCCCCCCCCCCCC(=O)OCC(CO[C@@H]1O[C@H](CO)[C@@H](O[C@H]2O[C@H](CO)[C@@H](O)[C@H](O)[C@H]2O)[C@H](O)[C@H]1O)OC(=O)CCCCCCCCCCCCCCC. The van der Waals surface area contributed by atoms with Crippen LogP contribution in [-0.4, -0.2) is 142 Å². The topological polar surface area (TPSA) is 231 Å². The number of hydrogen-bond donors (Lipinski definition) is 7. The predicted octanol–water partition coefficient (Wildman–Crippen LogP) is 6.04. The van der Waals surface area contributed by atoms with Gasteiger partial charge in [0, 0.05) is 12.8 Å². The number of aliphatic hydroxyl groups excluding tert-OH is 7. The Morgan fingerprint density at radius 1 is 0.468 bits per heavy atom. The first-order chi connectivity index (χ1) is 30.1. The van der Waals surface area contributed by atoms with Crippen molar-refractivity contribution in [3.05, 3.63) is 0 Å². The molecule has 0 amide bonds. The summed E-state index contributed by atoms with van der Waals surface area (Å²) in [6.07, 6.45) is 13.9. The van der Waals surface area contributed by atoms with E-state index in [4.69, 9.17) is 28.4 Å². The molecule has 11 atom stereocenters. The molecule has 7 N–H and O–H groups in total. The van der Waals surface area contributed by atoms with Crippen molar-refractivity contribution in [3.63, 3.8) is 0 Å². The van der Waals surface area contributed by atoms with Crippen molar-refractivity contribution in [2.45, 2.75) is 261 Å². The zero-order valence-electron chi connectivity index (χ0n) is 38.4. The van der Waals surface area contributed by atoms with E-state index in [0.717, 1.165) is 38.5 Å². The first-order valence-electron chi connectivity index (χ1n) is 24.6. The first kappa shape index (κ1) is 56.6. The number of carbonyl (C=O) groups excluding carboxylic acids is 2. The highest BCUT2D eigenvalue weighted by Gasteiger charge is 2.51. The van der Waals surface area contributed by atoms with Crippen LogP contribution in [0.15, 0.2) is 0 Å². The molecule has 0 aromatic rings. The summed E-state index contributed by atoms with van der Waals surface area (Å²) in [7, 11) is 0. The number of carbonyl (C=O) groups is 2. The molecular weight excluding hydrogens is 805 g/mol. The van der Waals surface area contributed by atoms with Gasteiger partial charge in [0.1, 0.15) is 55.4 Å². The van der Waals surface area contributed by atoms with E-state index >= 15 is 0 Å². The van der Waals surface area contributed by atoms with Crippen LogP contribution >= 0.6 is 0 Å². The number of ether oxygens (including phenoxy) is 6. The lowest BCUT2D eigenvalue weighted by Gasteiger charge is -2.46. The van der Waals surface area contributed by atoms with E-state index in [1.54, 1.807) is 0 Å². The molecule has 2 heterocycles. The summed E-state index contributed by atoms with van der Waals surface area (Å²) in [5, 5.41) is 72.3. The molecular formula is C47H88O15. The van der Waals surface area contributed by atoms with E-state index in [0.29, 0.717) is 12.8 Å². The summed E-state index contributed by atoms with van der Waals surface area (Å²) in [6, 6.07) is 0.